The number of nitrogens with zero attached hydrogens (tertiary/aromatic N) is 1. The summed E-state index contributed by atoms with van der Waals surface area (Å²) >= 11 is 0. The van der Waals surface area contributed by atoms with Crippen molar-refractivity contribution in [3.8, 4) is 5.75 Å². The summed E-state index contributed by atoms with van der Waals surface area (Å²) in [5.41, 5.74) is 0.708. The van der Waals surface area contributed by atoms with Crippen molar-refractivity contribution in [1.29, 1.82) is 0 Å². The van der Waals surface area contributed by atoms with Crippen molar-refractivity contribution in [2.75, 3.05) is 19.7 Å². The Balaban J connectivity index is 1.79. The maximum absolute atomic E-state index is 11.6. The van der Waals surface area contributed by atoms with Gasteiger partial charge in [-0.3, -0.25) is 9.69 Å². The molecule has 0 amide bonds. The highest BCUT2D eigenvalue weighted by Crippen LogP contribution is 2.22. The van der Waals surface area contributed by atoms with E-state index in [2.05, 4.69) is 11.8 Å². The average Bonchev–Trinajstić information content (AvgIpc) is 2.65. The summed E-state index contributed by atoms with van der Waals surface area (Å²) in [4.78, 5) is 14.0. The first kappa shape index (κ1) is 18.9. The number of aliphatic hydroxyl groups excluding tert-OH is 1. The quantitative estimate of drug-likeness (QED) is 0.701. The van der Waals surface area contributed by atoms with Gasteiger partial charge in [-0.15, -0.1) is 0 Å². The van der Waals surface area contributed by atoms with E-state index >= 15 is 0 Å². The van der Waals surface area contributed by atoms with Gasteiger partial charge in [0.15, 0.2) is 5.78 Å². The van der Waals surface area contributed by atoms with Crippen molar-refractivity contribution >= 4 is 5.78 Å². The SMILES string of the molecule is CCC(=O)c1ccc(OC[C@H](O)CN(CC)C2CCCCC2)cc1. The Morgan fingerprint density at radius 1 is 1.21 bits per heavy atom. The first-order chi connectivity index (χ1) is 11.6. The molecule has 4 nitrogen and oxygen atoms in total. The summed E-state index contributed by atoms with van der Waals surface area (Å²) in [6.45, 7) is 5.92. The molecular weight excluding hydrogens is 302 g/mol. The smallest absolute Gasteiger partial charge is 0.162 e. The molecule has 0 bridgehead atoms. The molecule has 1 N–H and O–H groups in total. The number of carbonyl (C=O) groups excluding carboxylic acids is 1. The van der Waals surface area contributed by atoms with Crippen LogP contribution in [0.1, 0.15) is 62.7 Å². The van der Waals surface area contributed by atoms with Crippen LogP contribution in [0.25, 0.3) is 0 Å². The zero-order valence-corrected chi connectivity index (χ0v) is 15.0. The highest BCUT2D eigenvalue weighted by atomic mass is 16.5. The van der Waals surface area contributed by atoms with E-state index in [9.17, 15) is 9.90 Å². The monoisotopic (exact) mass is 333 g/mol. The van der Waals surface area contributed by atoms with E-state index in [1.807, 2.05) is 6.92 Å². The Bertz CT molecular complexity index is 494. The fourth-order valence-electron chi connectivity index (χ4n) is 3.44. The van der Waals surface area contributed by atoms with Gasteiger partial charge in [0.05, 0.1) is 0 Å². The van der Waals surface area contributed by atoms with Gasteiger partial charge in [-0.25, -0.2) is 0 Å². The maximum atomic E-state index is 11.6. The molecule has 0 aromatic heterocycles. The van der Waals surface area contributed by atoms with Gasteiger partial charge in [0.1, 0.15) is 18.5 Å². The van der Waals surface area contributed by atoms with Crippen molar-refractivity contribution in [1.82, 2.24) is 4.90 Å². The number of likely N-dealkylation sites (N-methyl/N-ethyl adjacent to an activating group) is 1. The first-order valence-electron chi connectivity index (χ1n) is 9.32. The van der Waals surface area contributed by atoms with Crippen molar-refractivity contribution in [3.63, 3.8) is 0 Å². The molecule has 0 radical (unpaired) electrons. The highest BCUT2D eigenvalue weighted by Gasteiger charge is 2.22. The molecule has 1 fully saturated rings. The Kier molecular flexibility index (Phi) is 7.73. The lowest BCUT2D eigenvalue weighted by molar-refractivity contribution is 0.0463. The molecule has 1 atom stereocenters. The molecule has 0 unspecified atom stereocenters. The molecule has 1 aliphatic rings. The summed E-state index contributed by atoms with van der Waals surface area (Å²) < 4.78 is 5.68. The zero-order chi connectivity index (χ0) is 17.4. The summed E-state index contributed by atoms with van der Waals surface area (Å²) in [5.74, 6) is 0.829. The standard InChI is InChI=1S/C20H31NO3/c1-3-20(23)16-10-12-19(13-11-16)24-15-18(22)14-21(4-2)17-8-6-5-7-9-17/h10-13,17-18,22H,3-9,14-15H2,1-2H3/t18-/m1/s1. The predicted octanol–water partition coefficient (Wildman–Crippen LogP) is 3.67. The minimum Gasteiger partial charge on any atom is -0.491 e. The lowest BCUT2D eigenvalue weighted by atomic mass is 9.94. The number of hydrogen-bond donors (Lipinski definition) is 1. The molecular formula is C20H31NO3. The van der Waals surface area contributed by atoms with Gasteiger partial charge in [-0.1, -0.05) is 33.1 Å². The molecule has 1 aromatic rings. The van der Waals surface area contributed by atoms with Crippen molar-refractivity contribution in [2.24, 2.45) is 0 Å². The van der Waals surface area contributed by atoms with Crippen LogP contribution in [-0.4, -0.2) is 47.6 Å². The zero-order valence-electron chi connectivity index (χ0n) is 15.0. The largest absolute Gasteiger partial charge is 0.491 e. The van der Waals surface area contributed by atoms with Crippen LogP contribution < -0.4 is 4.74 Å². The number of ether oxygens (including phenoxy) is 1. The molecule has 0 aliphatic heterocycles. The fourth-order valence-corrected chi connectivity index (χ4v) is 3.44. The minimum atomic E-state index is -0.496. The second-order valence-corrected chi connectivity index (χ2v) is 6.65. The van der Waals surface area contributed by atoms with Crippen molar-refractivity contribution < 1.29 is 14.6 Å². The lowest BCUT2D eigenvalue weighted by Crippen LogP contribution is -2.43. The number of benzene rings is 1. The summed E-state index contributed by atoms with van der Waals surface area (Å²) in [6.07, 6.45) is 6.45. The molecule has 2 rings (SSSR count). The van der Waals surface area contributed by atoms with Gasteiger partial charge in [0.25, 0.3) is 0 Å². The third-order valence-electron chi connectivity index (χ3n) is 4.88. The average molecular weight is 333 g/mol. The van der Waals surface area contributed by atoms with Gasteiger partial charge in [-0.2, -0.15) is 0 Å². The van der Waals surface area contributed by atoms with E-state index in [4.69, 9.17) is 4.74 Å². The van der Waals surface area contributed by atoms with Crippen molar-refractivity contribution in [2.45, 2.75) is 64.5 Å². The van der Waals surface area contributed by atoms with Gasteiger partial charge in [0.2, 0.25) is 0 Å². The fraction of sp³-hybridized carbons (Fsp3) is 0.650. The number of aliphatic hydroxyl groups is 1. The number of rotatable bonds is 9. The van der Waals surface area contributed by atoms with E-state index in [0.717, 1.165) is 6.54 Å². The maximum Gasteiger partial charge on any atom is 0.162 e. The summed E-state index contributed by atoms with van der Waals surface area (Å²) in [7, 11) is 0. The van der Waals surface area contributed by atoms with E-state index in [1.54, 1.807) is 24.3 Å². The number of ketones is 1. The highest BCUT2D eigenvalue weighted by molar-refractivity contribution is 5.95. The normalized spacial score (nSPS) is 17.0. The van der Waals surface area contributed by atoms with Gasteiger partial charge in [0, 0.05) is 24.6 Å². The second-order valence-electron chi connectivity index (χ2n) is 6.65. The summed E-state index contributed by atoms with van der Waals surface area (Å²) in [5, 5.41) is 10.3. The Morgan fingerprint density at radius 2 is 1.88 bits per heavy atom. The van der Waals surface area contributed by atoms with Crippen LogP contribution in [-0.2, 0) is 0 Å². The van der Waals surface area contributed by atoms with Crippen LogP contribution in [0.2, 0.25) is 0 Å². The molecule has 4 heteroatoms. The van der Waals surface area contributed by atoms with Gasteiger partial charge in [-0.05, 0) is 43.7 Å². The van der Waals surface area contributed by atoms with E-state index in [-0.39, 0.29) is 12.4 Å². The first-order valence-corrected chi connectivity index (χ1v) is 9.32. The molecule has 1 aromatic carbocycles. The topological polar surface area (TPSA) is 49.8 Å². The number of Topliss-reactive ketones (excluding diaryl/α,β-unsaturated/α-hetero) is 1. The Hall–Kier alpha value is -1.39. The number of carbonyl (C=O) groups is 1. The third-order valence-corrected chi connectivity index (χ3v) is 4.88. The van der Waals surface area contributed by atoms with Crippen LogP contribution in [0.4, 0.5) is 0 Å². The van der Waals surface area contributed by atoms with Crippen LogP contribution in [0, 0.1) is 0 Å². The van der Waals surface area contributed by atoms with Crippen molar-refractivity contribution in [3.05, 3.63) is 29.8 Å². The lowest BCUT2D eigenvalue weighted by Gasteiger charge is -2.34. The molecule has 134 valence electrons. The molecule has 24 heavy (non-hydrogen) atoms. The Morgan fingerprint density at radius 3 is 2.46 bits per heavy atom. The third kappa shape index (κ3) is 5.60. The van der Waals surface area contributed by atoms with E-state index < -0.39 is 6.10 Å². The molecule has 0 saturated heterocycles. The second kappa shape index (κ2) is 9.80. The number of hydrogen-bond acceptors (Lipinski definition) is 4. The van der Waals surface area contributed by atoms with E-state index in [0.29, 0.717) is 30.3 Å². The van der Waals surface area contributed by atoms with E-state index in [1.165, 1.54) is 32.1 Å². The van der Waals surface area contributed by atoms with Crippen LogP contribution >= 0.6 is 0 Å². The molecule has 0 heterocycles. The van der Waals surface area contributed by atoms with Gasteiger partial charge < -0.3 is 9.84 Å². The van der Waals surface area contributed by atoms with Crippen LogP contribution in [0.3, 0.4) is 0 Å². The Labute approximate surface area is 145 Å². The molecule has 0 spiro atoms. The predicted molar refractivity (Wildman–Crippen MR) is 96.7 cm³/mol. The van der Waals surface area contributed by atoms with Crippen LogP contribution in [0.15, 0.2) is 24.3 Å². The summed E-state index contributed by atoms with van der Waals surface area (Å²) in [6, 6.07) is 7.78. The molecule has 1 aliphatic carbocycles. The minimum absolute atomic E-state index is 0.132. The van der Waals surface area contributed by atoms with Gasteiger partial charge >= 0.3 is 0 Å². The molecule has 1 saturated carbocycles. The van der Waals surface area contributed by atoms with Crippen LogP contribution in [0.5, 0.6) is 5.75 Å².